The van der Waals surface area contributed by atoms with E-state index in [9.17, 15) is 4.79 Å². The van der Waals surface area contributed by atoms with Crippen molar-refractivity contribution in [3.63, 3.8) is 0 Å². The standard InChI is InChI=1S/C20H30N2O3/c1-16(2)15-25-19-7-5-17(6-8-19)20(23)22(13-14-24-4)18-9-11-21(3)12-10-18/h5-8,18H,1,9-15H2,2-4H3. The predicted octanol–water partition coefficient (Wildman–Crippen LogP) is 2.82. The van der Waals surface area contributed by atoms with Crippen molar-refractivity contribution in [1.82, 2.24) is 9.80 Å². The van der Waals surface area contributed by atoms with Crippen molar-refractivity contribution in [3.05, 3.63) is 42.0 Å². The summed E-state index contributed by atoms with van der Waals surface area (Å²) >= 11 is 0. The van der Waals surface area contributed by atoms with Gasteiger partial charge in [-0.15, -0.1) is 0 Å². The first-order valence-electron chi connectivity index (χ1n) is 8.87. The van der Waals surface area contributed by atoms with Crippen molar-refractivity contribution in [2.24, 2.45) is 0 Å². The third kappa shape index (κ3) is 5.87. The minimum Gasteiger partial charge on any atom is -0.489 e. The molecule has 0 aliphatic carbocycles. The zero-order chi connectivity index (χ0) is 18.2. The van der Waals surface area contributed by atoms with Crippen molar-refractivity contribution in [3.8, 4) is 5.75 Å². The number of hydrogen-bond donors (Lipinski definition) is 0. The lowest BCUT2D eigenvalue weighted by molar-refractivity contribution is 0.0505. The van der Waals surface area contributed by atoms with E-state index < -0.39 is 0 Å². The lowest BCUT2D eigenvalue weighted by atomic mass is 10.0. The Balaban J connectivity index is 2.05. The quantitative estimate of drug-likeness (QED) is 0.679. The van der Waals surface area contributed by atoms with Crippen LogP contribution >= 0.6 is 0 Å². The van der Waals surface area contributed by atoms with Crippen molar-refractivity contribution < 1.29 is 14.3 Å². The molecule has 1 saturated heterocycles. The normalized spacial score (nSPS) is 15.8. The van der Waals surface area contributed by atoms with Gasteiger partial charge in [0.25, 0.3) is 5.91 Å². The molecule has 1 aliphatic heterocycles. The van der Waals surface area contributed by atoms with Crippen LogP contribution in [0.3, 0.4) is 0 Å². The number of methoxy groups -OCH3 is 1. The summed E-state index contributed by atoms with van der Waals surface area (Å²) < 4.78 is 10.8. The zero-order valence-corrected chi connectivity index (χ0v) is 15.7. The molecule has 0 spiro atoms. The largest absolute Gasteiger partial charge is 0.489 e. The van der Waals surface area contributed by atoms with E-state index in [0.717, 1.165) is 37.3 Å². The summed E-state index contributed by atoms with van der Waals surface area (Å²) in [7, 11) is 3.80. The van der Waals surface area contributed by atoms with Gasteiger partial charge in [0.2, 0.25) is 0 Å². The van der Waals surface area contributed by atoms with Crippen LogP contribution in [-0.4, -0.2) is 68.8 Å². The van der Waals surface area contributed by atoms with Gasteiger partial charge < -0.3 is 19.3 Å². The maximum atomic E-state index is 13.0. The van der Waals surface area contributed by atoms with E-state index in [1.807, 2.05) is 36.1 Å². The fourth-order valence-electron chi connectivity index (χ4n) is 3.01. The van der Waals surface area contributed by atoms with Crippen LogP contribution in [0.15, 0.2) is 36.4 Å². The molecule has 0 aromatic heterocycles. The van der Waals surface area contributed by atoms with Gasteiger partial charge in [0.05, 0.1) is 6.61 Å². The Morgan fingerprint density at radius 1 is 1.28 bits per heavy atom. The monoisotopic (exact) mass is 346 g/mol. The summed E-state index contributed by atoms with van der Waals surface area (Å²) in [5.41, 5.74) is 1.66. The molecule has 25 heavy (non-hydrogen) atoms. The van der Waals surface area contributed by atoms with Gasteiger partial charge in [0.1, 0.15) is 12.4 Å². The molecular weight excluding hydrogens is 316 g/mol. The Bertz CT molecular complexity index is 563. The van der Waals surface area contributed by atoms with E-state index in [-0.39, 0.29) is 11.9 Å². The molecule has 1 aromatic carbocycles. The highest BCUT2D eigenvalue weighted by Gasteiger charge is 2.27. The van der Waals surface area contributed by atoms with Gasteiger partial charge >= 0.3 is 0 Å². The van der Waals surface area contributed by atoms with Crippen LogP contribution in [0.1, 0.15) is 30.1 Å². The maximum absolute atomic E-state index is 13.0. The van der Waals surface area contributed by atoms with Gasteiger partial charge in [-0.2, -0.15) is 0 Å². The van der Waals surface area contributed by atoms with Crippen LogP contribution in [0.2, 0.25) is 0 Å². The van der Waals surface area contributed by atoms with Crippen molar-refractivity contribution >= 4 is 5.91 Å². The summed E-state index contributed by atoms with van der Waals surface area (Å²) in [6.45, 7) is 9.46. The molecule has 0 radical (unpaired) electrons. The number of amides is 1. The third-order valence-corrected chi connectivity index (χ3v) is 4.51. The molecule has 138 valence electrons. The maximum Gasteiger partial charge on any atom is 0.254 e. The van der Waals surface area contributed by atoms with Gasteiger partial charge in [-0.3, -0.25) is 4.79 Å². The highest BCUT2D eigenvalue weighted by Crippen LogP contribution is 2.20. The molecular formula is C20H30N2O3. The number of carbonyl (C=O) groups is 1. The van der Waals surface area contributed by atoms with Crippen LogP contribution in [0, 0.1) is 0 Å². The molecule has 5 heteroatoms. The van der Waals surface area contributed by atoms with Gasteiger partial charge in [-0.1, -0.05) is 6.58 Å². The lowest BCUT2D eigenvalue weighted by Gasteiger charge is -2.37. The molecule has 5 nitrogen and oxygen atoms in total. The smallest absolute Gasteiger partial charge is 0.254 e. The Kier molecular flexibility index (Phi) is 7.47. The number of piperidine rings is 1. The Labute approximate surface area is 151 Å². The fraction of sp³-hybridized carbons (Fsp3) is 0.550. The van der Waals surface area contributed by atoms with Gasteiger partial charge in [-0.25, -0.2) is 0 Å². The Morgan fingerprint density at radius 3 is 2.48 bits per heavy atom. The number of rotatable bonds is 8. The molecule has 0 bridgehead atoms. The molecule has 0 saturated carbocycles. The first kappa shape index (κ1) is 19.5. The van der Waals surface area contributed by atoms with E-state index in [1.54, 1.807) is 7.11 Å². The summed E-state index contributed by atoms with van der Waals surface area (Å²) in [4.78, 5) is 17.3. The number of benzene rings is 1. The summed E-state index contributed by atoms with van der Waals surface area (Å²) in [6.07, 6.45) is 2.01. The summed E-state index contributed by atoms with van der Waals surface area (Å²) in [5, 5.41) is 0. The highest BCUT2D eigenvalue weighted by molar-refractivity contribution is 5.94. The van der Waals surface area contributed by atoms with E-state index in [2.05, 4.69) is 18.5 Å². The molecule has 0 atom stereocenters. The fourth-order valence-corrected chi connectivity index (χ4v) is 3.01. The van der Waals surface area contributed by atoms with Crippen molar-refractivity contribution in [2.75, 3.05) is 47.0 Å². The average Bonchev–Trinajstić information content (AvgIpc) is 2.62. The molecule has 1 aliphatic rings. The minimum atomic E-state index is 0.0676. The van der Waals surface area contributed by atoms with Crippen LogP contribution in [0.5, 0.6) is 5.75 Å². The Hall–Kier alpha value is -1.85. The second-order valence-corrected chi connectivity index (χ2v) is 6.80. The van der Waals surface area contributed by atoms with Crippen LogP contribution in [0.4, 0.5) is 0 Å². The lowest BCUT2D eigenvalue weighted by Crippen LogP contribution is -2.47. The van der Waals surface area contributed by atoms with Crippen LogP contribution < -0.4 is 4.74 Å². The van der Waals surface area contributed by atoms with E-state index in [0.29, 0.717) is 25.3 Å². The van der Waals surface area contributed by atoms with Crippen LogP contribution in [0.25, 0.3) is 0 Å². The van der Waals surface area contributed by atoms with E-state index >= 15 is 0 Å². The van der Waals surface area contributed by atoms with E-state index in [1.165, 1.54) is 0 Å². The third-order valence-electron chi connectivity index (χ3n) is 4.51. The molecule has 1 amide bonds. The topological polar surface area (TPSA) is 42.0 Å². The molecule has 1 fully saturated rings. The number of nitrogens with zero attached hydrogens (tertiary/aromatic N) is 2. The van der Waals surface area contributed by atoms with Crippen molar-refractivity contribution in [1.29, 1.82) is 0 Å². The second kappa shape index (κ2) is 9.59. The van der Waals surface area contributed by atoms with Gasteiger partial charge in [-0.05, 0) is 69.7 Å². The van der Waals surface area contributed by atoms with E-state index in [4.69, 9.17) is 9.47 Å². The van der Waals surface area contributed by atoms with Gasteiger partial charge in [0, 0.05) is 25.3 Å². The second-order valence-electron chi connectivity index (χ2n) is 6.80. The molecule has 1 aromatic rings. The average molecular weight is 346 g/mol. The number of likely N-dealkylation sites (tertiary alicyclic amines) is 1. The number of ether oxygens (including phenoxy) is 2. The minimum absolute atomic E-state index is 0.0676. The molecule has 1 heterocycles. The first-order valence-corrected chi connectivity index (χ1v) is 8.87. The molecule has 0 N–H and O–H groups in total. The molecule has 0 unspecified atom stereocenters. The summed E-state index contributed by atoms with van der Waals surface area (Å²) in [6, 6.07) is 7.65. The van der Waals surface area contributed by atoms with Gasteiger partial charge in [0.15, 0.2) is 0 Å². The Morgan fingerprint density at radius 2 is 1.92 bits per heavy atom. The zero-order valence-electron chi connectivity index (χ0n) is 15.7. The first-order chi connectivity index (χ1) is 12.0. The van der Waals surface area contributed by atoms with Crippen LogP contribution in [-0.2, 0) is 4.74 Å². The SMILES string of the molecule is C=C(C)COc1ccc(C(=O)N(CCOC)C2CCN(C)CC2)cc1. The highest BCUT2D eigenvalue weighted by atomic mass is 16.5. The number of carbonyl (C=O) groups excluding carboxylic acids is 1. The molecule has 2 rings (SSSR count). The summed E-state index contributed by atoms with van der Waals surface area (Å²) in [5.74, 6) is 0.820. The number of hydrogen-bond acceptors (Lipinski definition) is 4. The predicted molar refractivity (Wildman–Crippen MR) is 100 cm³/mol. The van der Waals surface area contributed by atoms with Crippen molar-refractivity contribution in [2.45, 2.75) is 25.8 Å².